The first-order chi connectivity index (χ1) is 9.54. The van der Waals surface area contributed by atoms with Gasteiger partial charge in [0.2, 0.25) is 0 Å². The quantitative estimate of drug-likeness (QED) is 0.579. The van der Waals surface area contributed by atoms with Gasteiger partial charge >= 0.3 is 0 Å². The van der Waals surface area contributed by atoms with Gasteiger partial charge in [0.15, 0.2) is 0 Å². The summed E-state index contributed by atoms with van der Waals surface area (Å²) in [6.07, 6.45) is 0. The third kappa shape index (κ3) is 3.26. The van der Waals surface area contributed by atoms with Crippen LogP contribution in [-0.4, -0.2) is 6.61 Å². The van der Waals surface area contributed by atoms with Crippen molar-refractivity contribution >= 4 is 31.9 Å². The fraction of sp³-hybridized carbons (Fsp3) is 0.294. The van der Waals surface area contributed by atoms with Crippen molar-refractivity contribution in [2.24, 2.45) is 0 Å². The van der Waals surface area contributed by atoms with Gasteiger partial charge in [0.25, 0.3) is 0 Å². The summed E-state index contributed by atoms with van der Waals surface area (Å²) in [6.45, 7) is 6.89. The third-order valence-corrected chi connectivity index (χ3v) is 5.30. The number of rotatable bonds is 4. The molecule has 0 heterocycles. The van der Waals surface area contributed by atoms with E-state index in [0.717, 1.165) is 15.8 Å². The predicted molar refractivity (Wildman–Crippen MR) is 92.0 cm³/mol. The van der Waals surface area contributed by atoms with E-state index in [2.05, 4.69) is 76.0 Å². The lowest BCUT2D eigenvalue weighted by Gasteiger charge is -2.18. The van der Waals surface area contributed by atoms with E-state index >= 15 is 0 Å². The van der Waals surface area contributed by atoms with Crippen LogP contribution < -0.4 is 4.74 Å². The van der Waals surface area contributed by atoms with Crippen LogP contribution in [0.2, 0.25) is 0 Å². The van der Waals surface area contributed by atoms with Crippen molar-refractivity contribution < 1.29 is 4.74 Å². The molecule has 2 aromatic carbocycles. The van der Waals surface area contributed by atoms with Crippen LogP contribution in [0, 0.1) is 13.8 Å². The molecule has 0 aliphatic rings. The average Bonchev–Trinajstić information content (AvgIpc) is 2.43. The number of hydrogen-bond acceptors (Lipinski definition) is 1. The molecule has 0 fully saturated rings. The van der Waals surface area contributed by atoms with Crippen LogP contribution in [-0.2, 0) is 0 Å². The maximum Gasteiger partial charge on any atom is 0.123 e. The lowest BCUT2D eigenvalue weighted by atomic mass is 10.0. The molecular weight excluding hydrogens is 380 g/mol. The molecule has 2 aromatic rings. The van der Waals surface area contributed by atoms with Crippen LogP contribution in [0.25, 0.3) is 0 Å². The standard InChI is InChI=1S/C17H18Br2O/c1-4-20-15-9-8-11(2)10-14(15)17(19)13-7-5-6-12(3)16(13)18/h5-10,17H,4H2,1-3H3. The van der Waals surface area contributed by atoms with E-state index < -0.39 is 0 Å². The highest BCUT2D eigenvalue weighted by atomic mass is 79.9. The van der Waals surface area contributed by atoms with E-state index in [1.54, 1.807) is 0 Å². The molecular formula is C17H18Br2O. The highest BCUT2D eigenvalue weighted by molar-refractivity contribution is 9.11. The topological polar surface area (TPSA) is 9.23 Å². The van der Waals surface area contributed by atoms with Gasteiger partial charge in [-0.3, -0.25) is 0 Å². The number of benzene rings is 2. The monoisotopic (exact) mass is 396 g/mol. The lowest BCUT2D eigenvalue weighted by molar-refractivity contribution is 0.337. The molecule has 0 aromatic heterocycles. The van der Waals surface area contributed by atoms with Gasteiger partial charge in [-0.05, 0) is 38.0 Å². The van der Waals surface area contributed by atoms with Gasteiger partial charge in [0.1, 0.15) is 5.75 Å². The summed E-state index contributed by atoms with van der Waals surface area (Å²) < 4.78 is 6.90. The van der Waals surface area contributed by atoms with Gasteiger partial charge < -0.3 is 4.74 Å². The van der Waals surface area contributed by atoms with E-state index in [1.165, 1.54) is 16.7 Å². The Morgan fingerprint density at radius 3 is 2.55 bits per heavy atom. The Labute approximate surface area is 137 Å². The third-order valence-electron chi connectivity index (χ3n) is 3.23. The van der Waals surface area contributed by atoms with Crippen molar-refractivity contribution in [2.45, 2.75) is 25.6 Å². The van der Waals surface area contributed by atoms with Crippen LogP contribution in [0.5, 0.6) is 5.75 Å². The maximum absolute atomic E-state index is 5.76. The molecule has 0 saturated carbocycles. The largest absolute Gasteiger partial charge is 0.494 e. The first kappa shape index (κ1) is 15.6. The minimum Gasteiger partial charge on any atom is -0.494 e. The second-order valence-electron chi connectivity index (χ2n) is 4.81. The van der Waals surface area contributed by atoms with Crippen molar-refractivity contribution in [3.05, 3.63) is 63.1 Å². The summed E-state index contributed by atoms with van der Waals surface area (Å²) in [5.41, 5.74) is 4.85. The summed E-state index contributed by atoms with van der Waals surface area (Å²) in [5, 5.41) is 0. The summed E-state index contributed by atoms with van der Waals surface area (Å²) >= 11 is 7.51. The summed E-state index contributed by atoms with van der Waals surface area (Å²) in [4.78, 5) is 0.109. The molecule has 3 heteroatoms. The van der Waals surface area contributed by atoms with Gasteiger partial charge in [-0.2, -0.15) is 0 Å². The highest BCUT2D eigenvalue weighted by Crippen LogP contribution is 2.40. The zero-order chi connectivity index (χ0) is 14.7. The van der Waals surface area contributed by atoms with Gasteiger partial charge in [-0.1, -0.05) is 67.8 Å². The number of ether oxygens (including phenoxy) is 1. The number of hydrogen-bond donors (Lipinski definition) is 0. The SMILES string of the molecule is CCOc1ccc(C)cc1C(Br)c1cccc(C)c1Br. The molecule has 0 aliphatic carbocycles. The van der Waals surface area contributed by atoms with Crippen molar-refractivity contribution in [1.82, 2.24) is 0 Å². The molecule has 2 rings (SSSR count). The molecule has 0 radical (unpaired) electrons. The average molecular weight is 398 g/mol. The highest BCUT2D eigenvalue weighted by Gasteiger charge is 2.18. The van der Waals surface area contributed by atoms with Crippen molar-refractivity contribution in [3.63, 3.8) is 0 Å². The molecule has 1 atom stereocenters. The molecule has 0 aliphatic heterocycles. The molecule has 0 saturated heterocycles. The molecule has 20 heavy (non-hydrogen) atoms. The van der Waals surface area contributed by atoms with Gasteiger partial charge in [-0.25, -0.2) is 0 Å². The van der Waals surface area contributed by atoms with Crippen LogP contribution in [0.1, 0.15) is 34.0 Å². The first-order valence-electron chi connectivity index (χ1n) is 6.67. The van der Waals surface area contributed by atoms with Crippen LogP contribution in [0.4, 0.5) is 0 Å². The van der Waals surface area contributed by atoms with E-state index in [4.69, 9.17) is 4.74 Å². The Hall–Kier alpha value is -0.800. The zero-order valence-electron chi connectivity index (χ0n) is 11.9. The molecule has 0 amide bonds. The fourth-order valence-electron chi connectivity index (χ4n) is 2.19. The van der Waals surface area contributed by atoms with E-state index in [9.17, 15) is 0 Å². The van der Waals surface area contributed by atoms with Crippen molar-refractivity contribution in [3.8, 4) is 5.75 Å². The fourth-order valence-corrected chi connectivity index (χ4v) is 3.73. The minimum atomic E-state index is 0.109. The molecule has 0 N–H and O–H groups in total. The van der Waals surface area contributed by atoms with Gasteiger partial charge in [0.05, 0.1) is 11.4 Å². The van der Waals surface area contributed by atoms with E-state index in [0.29, 0.717) is 6.61 Å². The number of halogens is 2. The Bertz CT molecular complexity index is 608. The molecule has 1 nitrogen and oxygen atoms in total. The first-order valence-corrected chi connectivity index (χ1v) is 8.38. The normalized spacial score (nSPS) is 12.2. The van der Waals surface area contributed by atoms with Crippen LogP contribution in [0.3, 0.4) is 0 Å². The zero-order valence-corrected chi connectivity index (χ0v) is 15.1. The smallest absolute Gasteiger partial charge is 0.123 e. The van der Waals surface area contributed by atoms with E-state index in [-0.39, 0.29) is 4.83 Å². The van der Waals surface area contributed by atoms with Crippen molar-refractivity contribution in [2.75, 3.05) is 6.61 Å². The summed E-state index contributed by atoms with van der Waals surface area (Å²) in [7, 11) is 0. The lowest BCUT2D eigenvalue weighted by Crippen LogP contribution is -2.01. The second-order valence-corrected chi connectivity index (χ2v) is 6.52. The molecule has 0 spiro atoms. The Balaban J connectivity index is 2.49. The Kier molecular flexibility index (Phi) is 5.28. The van der Waals surface area contributed by atoms with E-state index in [1.807, 2.05) is 13.0 Å². The second kappa shape index (κ2) is 6.77. The molecule has 1 unspecified atom stereocenters. The van der Waals surface area contributed by atoms with Gasteiger partial charge in [-0.15, -0.1) is 0 Å². The molecule has 0 bridgehead atoms. The van der Waals surface area contributed by atoms with Gasteiger partial charge in [0, 0.05) is 10.0 Å². The number of aryl methyl sites for hydroxylation is 2. The Morgan fingerprint density at radius 2 is 1.85 bits per heavy atom. The van der Waals surface area contributed by atoms with Crippen molar-refractivity contribution in [1.29, 1.82) is 0 Å². The molecule has 106 valence electrons. The van der Waals surface area contributed by atoms with Crippen LogP contribution >= 0.6 is 31.9 Å². The van der Waals surface area contributed by atoms with Crippen LogP contribution in [0.15, 0.2) is 40.9 Å². The number of alkyl halides is 1. The summed E-state index contributed by atoms with van der Waals surface area (Å²) in [5.74, 6) is 0.938. The minimum absolute atomic E-state index is 0.109. The maximum atomic E-state index is 5.76. The predicted octanol–water partition coefficient (Wildman–Crippen LogP) is 5.95. The Morgan fingerprint density at radius 1 is 1.10 bits per heavy atom. The summed E-state index contributed by atoms with van der Waals surface area (Å²) in [6, 6.07) is 12.6.